The number of hydrogen-bond acceptors (Lipinski definition) is 4. The van der Waals surface area contributed by atoms with E-state index < -0.39 is 0 Å². The van der Waals surface area contributed by atoms with Crippen LogP contribution in [0.15, 0.2) is 49.3 Å². The zero-order valence-corrected chi connectivity index (χ0v) is 17.8. The topological polar surface area (TPSA) is 98.0 Å². The van der Waals surface area contributed by atoms with E-state index in [1.165, 1.54) is 0 Å². The van der Waals surface area contributed by atoms with Crippen molar-refractivity contribution in [1.29, 1.82) is 0 Å². The fraction of sp³-hybridized carbons (Fsp3) is 0.304. The summed E-state index contributed by atoms with van der Waals surface area (Å²) >= 11 is 0. The molecule has 0 unspecified atom stereocenters. The van der Waals surface area contributed by atoms with Crippen LogP contribution in [0.3, 0.4) is 0 Å². The summed E-state index contributed by atoms with van der Waals surface area (Å²) in [7, 11) is 3.61. The fourth-order valence-electron chi connectivity index (χ4n) is 3.75. The number of H-pyrrole nitrogens is 2. The molecule has 0 spiro atoms. The number of nitrogens with one attached hydrogen (secondary N) is 2. The highest BCUT2D eigenvalue weighted by Gasteiger charge is 2.15. The summed E-state index contributed by atoms with van der Waals surface area (Å²) in [6.45, 7) is 1.19. The van der Waals surface area contributed by atoms with Crippen molar-refractivity contribution in [2.75, 3.05) is 27.2 Å². The number of nitrogens with zero attached hydrogens (tertiary/aromatic N) is 4. The van der Waals surface area contributed by atoms with Gasteiger partial charge in [0.2, 0.25) is 11.8 Å². The number of rotatable bonds is 8. The van der Waals surface area contributed by atoms with Crippen molar-refractivity contribution in [3.63, 3.8) is 0 Å². The molecular formula is C23H26N6O2. The molecule has 31 heavy (non-hydrogen) atoms. The van der Waals surface area contributed by atoms with Crippen molar-refractivity contribution < 1.29 is 9.59 Å². The van der Waals surface area contributed by atoms with E-state index in [-0.39, 0.29) is 11.8 Å². The van der Waals surface area contributed by atoms with Crippen LogP contribution >= 0.6 is 0 Å². The maximum Gasteiger partial charge on any atom is 0.226 e. The Morgan fingerprint density at radius 2 is 1.26 bits per heavy atom. The number of aromatic nitrogens is 4. The van der Waals surface area contributed by atoms with E-state index in [9.17, 15) is 9.59 Å². The van der Waals surface area contributed by atoms with Gasteiger partial charge in [0.1, 0.15) is 0 Å². The second-order valence-electron chi connectivity index (χ2n) is 7.81. The first-order valence-corrected chi connectivity index (χ1v) is 10.3. The molecule has 4 heterocycles. The van der Waals surface area contributed by atoms with Gasteiger partial charge in [-0.2, -0.15) is 0 Å². The molecule has 0 bridgehead atoms. The Kier molecular flexibility index (Phi) is 5.97. The molecule has 8 nitrogen and oxygen atoms in total. The third-order valence-corrected chi connectivity index (χ3v) is 5.66. The van der Waals surface area contributed by atoms with Gasteiger partial charge >= 0.3 is 0 Å². The van der Waals surface area contributed by atoms with Gasteiger partial charge in [-0.25, -0.2) is 0 Å². The molecule has 160 valence electrons. The fourth-order valence-corrected chi connectivity index (χ4v) is 3.75. The van der Waals surface area contributed by atoms with E-state index in [2.05, 4.69) is 19.9 Å². The van der Waals surface area contributed by atoms with Gasteiger partial charge in [0, 0.05) is 62.7 Å². The van der Waals surface area contributed by atoms with E-state index in [4.69, 9.17) is 0 Å². The van der Waals surface area contributed by atoms with E-state index in [1.807, 2.05) is 24.5 Å². The average molecular weight is 419 g/mol. The van der Waals surface area contributed by atoms with Gasteiger partial charge in [-0.05, 0) is 29.7 Å². The normalized spacial score (nSPS) is 11.2. The van der Waals surface area contributed by atoms with E-state index in [1.54, 1.807) is 48.7 Å². The third kappa shape index (κ3) is 4.58. The zero-order valence-electron chi connectivity index (χ0n) is 17.8. The standard InChI is InChI=1S/C23H26N6O2/c1-28(22(30)10-16-12-26-20-14-24-6-4-18(16)20)8-3-9-29(2)23(31)11-17-13-27-21-15-25-7-5-19(17)21/h4-7,12-15,26-27H,3,8-11H2,1-2H3. The Balaban J connectivity index is 1.25. The number of hydrogen-bond donors (Lipinski definition) is 2. The summed E-state index contributed by atoms with van der Waals surface area (Å²) in [5.41, 5.74) is 3.80. The Bertz CT molecular complexity index is 1120. The Morgan fingerprint density at radius 3 is 1.71 bits per heavy atom. The number of fused-ring (bicyclic) bond motifs is 2. The van der Waals surface area contributed by atoms with Crippen LogP contribution < -0.4 is 0 Å². The quantitative estimate of drug-likeness (QED) is 0.459. The van der Waals surface area contributed by atoms with Crippen LogP contribution in [0.1, 0.15) is 17.5 Å². The monoisotopic (exact) mass is 418 g/mol. The molecule has 0 saturated carbocycles. The molecule has 0 aliphatic heterocycles. The maximum absolute atomic E-state index is 12.6. The molecule has 0 saturated heterocycles. The van der Waals surface area contributed by atoms with Gasteiger partial charge in [-0.1, -0.05) is 0 Å². The first-order chi connectivity index (χ1) is 15.0. The summed E-state index contributed by atoms with van der Waals surface area (Å²) in [5.74, 6) is 0.109. The van der Waals surface area contributed by atoms with Crippen LogP contribution in [-0.4, -0.2) is 68.7 Å². The van der Waals surface area contributed by atoms with Crippen LogP contribution in [0, 0.1) is 0 Å². The number of pyridine rings is 2. The lowest BCUT2D eigenvalue weighted by Gasteiger charge is -2.21. The van der Waals surface area contributed by atoms with Gasteiger partial charge in [0.05, 0.1) is 36.3 Å². The van der Waals surface area contributed by atoms with Crippen molar-refractivity contribution in [1.82, 2.24) is 29.7 Å². The highest BCUT2D eigenvalue weighted by molar-refractivity contribution is 5.89. The number of carbonyl (C=O) groups is 2. The van der Waals surface area contributed by atoms with Crippen molar-refractivity contribution >= 4 is 33.6 Å². The average Bonchev–Trinajstić information content (AvgIpc) is 3.38. The molecule has 0 radical (unpaired) electrons. The predicted octanol–water partition coefficient (Wildman–Crippen LogP) is 2.53. The third-order valence-electron chi connectivity index (χ3n) is 5.66. The second-order valence-corrected chi connectivity index (χ2v) is 7.81. The Labute approximate surface area is 180 Å². The minimum absolute atomic E-state index is 0.0547. The summed E-state index contributed by atoms with van der Waals surface area (Å²) in [4.78, 5) is 43.1. The van der Waals surface area contributed by atoms with Crippen molar-refractivity contribution in [3.8, 4) is 0 Å². The highest BCUT2D eigenvalue weighted by Crippen LogP contribution is 2.18. The van der Waals surface area contributed by atoms with Gasteiger partial charge < -0.3 is 19.8 Å². The summed E-state index contributed by atoms with van der Waals surface area (Å²) in [5, 5.41) is 2.05. The van der Waals surface area contributed by atoms with Crippen LogP contribution in [0.4, 0.5) is 0 Å². The number of likely N-dealkylation sites (N-methyl/N-ethyl adjacent to an activating group) is 2. The molecule has 4 aromatic heterocycles. The molecular weight excluding hydrogens is 392 g/mol. The molecule has 0 aromatic carbocycles. The Morgan fingerprint density at radius 1 is 0.806 bits per heavy atom. The maximum atomic E-state index is 12.6. The SMILES string of the molecule is CN(CCCN(C)C(=O)Cc1c[nH]c2cnccc12)C(=O)Cc1c[nH]c2cnccc12. The van der Waals surface area contributed by atoms with E-state index in [0.717, 1.165) is 39.4 Å². The van der Waals surface area contributed by atoms with Gasteiger partial charge in [-0.15, -0.1) is 0 Å². The molecule has 8 heteroatoms. The lowest BCUT2D eigenvalue weighted by molar-refractivity contribution is -0.129. The first kappa shape index (κ1) is 20.6. The molecule has 2 amide bonds. The lowest BCUT2D eigenvalue weighted by Crippen LogP contribution is -2.34. The molecule has 4 rings (SSSR count). The molecule has 0 atom stereocenters. The summed E-state index contributed by atoms with van der Waals surface area (Å²) < 4.78 is 0. The number of carbonyl (C=O) groups excluding carboxylic acids is 2. The van der Waals surface area contributed by atoms with Crippen molar-refractivity contribution in [2.45, 2.75) is 19.3 Å². The molecule has 0 aliphatic rings. The molecule has 0 aliphatic carbocycles. The van der Waals surface area contributed by atoms with Gasteiger partial charge in [0.25, 0.3) is 0 Å². The molecule has 4 aromatic rings. The molecule has 0 fully saturated rings. The van der Waals surface area contributed by atoms with Crippen molar-refractivity contribution in [3.05, 3.63) is 60.4 Å². The van der Waals surface area contributed by atoms with Crippen molar-refractivity contribution in [2.24, 2.45) is 0 Å². The number of amides is 2. The second kappa shape index (κ2) is 8.99. The predicted molar refractivity (Wildman–Crippen MR) is 119 cm³/mol. The van der Waals surface area contributed by atoms with Crippen LogP contribution in [0.2, 0.25) is 0 Å². The lowest BCUT2D eigenvalue weighted by atomic mass is 10.1. The smallest absolute Gasteiger partial charge is 0.226 e. The summed E-state index contributed by atoms with van der Waals surface area (Å²) in [6.07, 6.45) is 12.1. The van der Waals surface area contributed by atoms with Crippen LogP contribution in [0.5, 0.6) is 0 Å². The van der Waals surface area contributed by atoms with E-state index in [0.29, 0.717) is 25.9 Å². The largest absolute Gasteiger partial charge is 0.360 e. The van der Waals surface area contributed by atoms with Crippen LogP contribution in [-0.2, 0) is 22.4 Å². The minimum Gasteiger partial charge on any atom is -0.360 e. The minimum atomic E-state index is 0.0547. The van der Waals surface area contributed by atoms with E-state index >= 15 is 0 Å². The van der Waals surface area contributed by atoms with Gasteiger partial charge in [-0.3, -0.25) is 19.6 Å². The highest BCUT2D eigenvalue weighted by atomic mass is 16.2. The number of aromatic amines is 2. The molecule has 2 N–H and O–H groups in total. The van der Waals surface area contributed by atoms with Crippen LogP contribution in [0.25, 0.3) is 21.8 Å². The first-order valence-electron chi connectivity index (χ1n) is 10.3. The summed E-state index contributed by atoms with van der Waals surface area (Å²) in [6, 6.07) is 3.83. The Hall–Kier alpha value is -3.68. The van der Waals surface area contributed by atoms with Gasteiger partial charge in [0.15, 0.2) is 0 Å². The zero-order chi connectivity index (χ0) is 21.8.